The summed E-state index contributed by atoms with van der Waals surface area (Å²) in [7, 11) is 1.63. The summed E-state index contributed by atoms with van der Waals surface area (Å²) in [6.07, 6.45) is 1.98. The van der Waals surface area contributed by atoms with Gasteiger partial charge in [-0.05, 0) is 24.5 Å². The van der Waals surface area contributed by atoms with E-state index in [9.17, 15) is 4.79 Å². The van der Waals surface area contributed by atoms with Crippen LogP contribution in [-0.2, 0) is 9.53 Å². The molecular formula is C12H17ClN2O2. The van der Waals surface area contributed by atoms with E-state index in [0.29, 0.717) is 23.9 Å². The first-order valence-electron chi connectivity index (χ1n) is 5.44. The number of carbonyl (C=O) groups excluding carboxylic acids is 1. The summed E-state index contributed by atoms with van der Waals surface area (Å²) >= 11 is 5.80. The molecule has 0 saturated carbocycles. The van der Waals surface area contributed by atoms with Gasteiger partial charge in [0, 0.05) is 20.1 Å². The Morgan fingerprint density at radius 3 is 2.94 bits per heavy atom. The van der Waals surface area contributed by atoms with E-state index in [4.69, 9.17) is 16.3 Å². The van der Waals surface area contributed by atoms with E-state index < -0.39 is 0 Å². The van der Waals surface area contributed by atoms with Crippen molar-refractivity contribution in [2.75, 3.05) is 19.0 Å². The third-order valence-corrected chi connectivity index (χ3v) is 2.68. The van der Waals surface area contributed by atoms with Gasteiger partial charge in [-0.1, -0.05) is 18.5 Å². The highest BCUT2D eigenvalue weighted by molar-refractivity contribution is 6.30. The third kappa shape index (κ3) is 4.71. The minimum Gasteiger partial charge on any atom is -0.384 e. The molecule has 1 N–H and O–H groups in total. The molecule has 5 heteroatoms. The highest BCUT2D eigenvalue weighted by Crippen LogP contribution is 2.16. The Morgan fingerprint density at radius 2 is 2.35 bits per heavy atom. The molecule has 1 atom stereocenters. The number of aromatic nitrogens is 1. The third-order valence-electron chi connectivity index (χ3n) is 2.28. The van der Waals surface area contributed by atoms with Crippen LogP contribution >= 0.6 is 11.6 Å². The van der Waals surface area contributed by atoms with Gasteiger partial charge in [0.05, 0.1) is 11.9 Å². The van der Waals surface area contributed by atoms with Crippen LogP contribution in [0.25, 0.3) is 0 Å². The maximum absolute atomic E-state index is 11.7. The van der Waals surface area contributed by atoms with E-state index in [1.807, 2.05) is 13.8 Å². The zero-order valence-electron chi connectivity index (χ0n) is 10.3. The first kappa shape index (κ1) is 13.9. The Kier molecular flexibility index (Phi) is 5.38. The maximum Gasteiger partial charge on any atom is 0.224 e. The summed E-state index contributed by atoms with van der Waals surface area (Å²) in [5.74, 6) is 0.152. The van der Waals surface area contributed by atoms with Crippen molar-refractivity contribution >= 4 is 23.2 Å². The molecule has 0 spiro atoms. The van der Waals surface area contributed by atoms with E-state index in [-0.39, 0.29) is 11.8 Å². The molecule has 0 aromatic carbocycles. The zero-order valence-corrected chi connectivity index (χ0v) is 11.0. The Balaban J connectivity index is 2.53. The number of amides is 1. The molecule has 0 aliphatic heterocycles. The van der Waals surface area contributed by atoms with Gasteiger partial charge in [-0.15, -0.1) is 0 Å². The Bertz CT molecular complexity index is 396. The number of ether oxygens (including phenoxy) is 1. The molecule has 17 heavy (non-hydrogen) atoms. The van der Waals surface area contributed by atoms with Gasteiger partial charge < -0.3 is 10.1 Å². The summed E-state index contributed by atoms with van der Waals surface area (Å²) in [5.41, 5.74) is 1.51. The van der Waals surface area contributed by atoms with Crippen molar-refractivity contribution in [3.05, 3.63) is 23.0 Å². The Hall–Kier alpha value is -1.13. The number of methoxy groups -OCH3 is 1. The predicted octanol–water partition coefficient (Wildman–Crippen LogP) is 2.65. The van der Waals surface area contributed by atoms with Crippen LogP contribution in [0.5, 0.6) is 0 Å². The lowest BCUT2D eigenvalue weighted by Crippen LogP contribution is -2.17. The molecule has 1 unspecified atom stereocenters. The predicted molar refractivity (Wildman–Crippen MR) is 68.3 cm³/mol. The van der Waals surface area contributed by atoms with Crippen molar-refractivity contribution < 1.29 is 9.53 Å². The smallest absolute Gasteiger partial charge is 0.224 e. The molecule has 4 nitrogen and oxygen atoms in total. The monoisotopic (exact) mass is 256 g/mol. The molecule has 0 aliphatic carbocycles. The Morgan fingerprint density at radius 1 is 1.65 bits per heavy atom. The van der Waals surface area contributed by atoms with Crippen LogP contribution in [0.15, 0.2) is 12.3 Å². The van der Waals surface area contributed by atoms with Crippen molar-refractivity contribution in [2.24, 2.45) is 5.92 Å². The second-order valence-electron chi connectivity index (χ2n) is 4.14. The van der Waals surface area contributed by atoms with Crippen molar-refractivity contribution in [1.82, 2.24) is 4.98 Å². The molecule has 1 amide bonds. The van der Waals surface area contributed by atoms with Crippen LogP contribution in [-0.4, -0.2) is 24.6 Å². The van der Waals surface area contributed by atoms with Crippen LogP contribution in [0.3, 0.4) is 0 Å². The fourth-order valence-electron chi connectivity index (χ4n) is 1.50. The molecule has 0 bridgehead atoms. The number of nitrogens with one attached hydrogen (secondary N) is 1. The molecule has 0 radical (unpaired) electrons. The van der Waals surface area contributed by atoms with Crippen LogP contribution < -0.4 is 5.32 Å². The van der Waals surface area contributed by atoms with Crippen LogP contribution in [0.2, 0.25) is 5.15 Å². The van der Waals surface area contributed by atoms with E-state index in [1.54, 1.807) is 19.4 Å². The molecule has 0 aliphatic rings. The fraction of sp³-hybridized carbons (Fsp3) is 0.500. The SMILES string of the molecule is COCC(C)CC(=O)Nc1cnc(Cl)c(C)c1. The van der Waals surface area contributed by atoms with Gasteiger partial charge in [-0.2, -0.15) is 0 Å². The number of nitrogens with zero attached hydrogens (tertiary/aromatic N) is 1. The van der Waals surface area contributed by atoms with E-state index in [1.165, 1.54) is 0 Å². The first-order chi connectivity index (χ1) is 8.02. The number of pyridine rings is 1. The average molecular weight is 257 g/mol. The van der Waals surface area contributed by atoms with Crippen molar-refractivity contribution in [3.63, 3.8) is 0 Å². The lowest BCUT2D eigenvalue weighted by Gasteiger charge is -2.10. The van der Waals surface area contributed by atoms with E-state index >= 15 is 0 Å². The molecule has 94 valence electrons. The van der Waals surface area contributed by atoms with Gasteiger partial charge in [-0.3, -0.25) is 4.79 Å². The number of anilines is 1. The number of hydrogen-bond acceptors (Lipinski definition) is 3. The zero-order chi connectivity index (χ0) is 12.8. The highest BCUT2D eigenvalue weighted by Gasteiger charge is 2.09. The molecular weight excluding hydrogens is 240 g/mol. The lowest BCUT2D eigenvalue weighted by molar-refractivity contribution is -0.117. The lowest BCUT2D eigenvalue weighted by atomic mass is 10.1. The van der Waals surface area contributed by atoms with E-state index in [2.05, 4.69) is 10.3 Å². The van der Waals surface area contributed by atoms with Crippen molar-refractivity contribution in [3.8, 4) is 0 Å². The highest BCUT2D eigenvalue weighted by atomic mass is 35.5. The summed E-state index contributed by atoms with van der Waals surface area (Å²) in [5, 5.41) is 3.24. The van der Waals surface area contributed by atoms with Crippen LogP contribution in [0.1, 0.15) is 18.9 Å². The molecule has 0 saturated heterocycles. The Labute approximate surface area is 106 Å². The molecule has 1 aromatic rings. The fourth-order valence-corrected chi connectivity index (χ4v) is 1.60. The molecule has 1 heterocycles. The van der Waals surface area contributed by atoms with Crippen LogP contribution in [0.4, 0.5) is 5.69 Å². The number of halogens is 1. The van der Waals surface area contributed by atoms with Crippen molar-refractivity contribution in [1.29, 1.82) is 0 Å². The van der Waals surface area contributed by atoms with Crippen molar-refractivity contribution in [2.45, 2.75) is 20.3 Å². The summed E-state index contributed by atoms with van der Waals surface area (Å²) < 4.78 is 4.98. The standard InChI is InChI=1S/C12H17ClN2O2/c1-8(7-17-3)4-11(16)15-10-5-9(2)12(13)14-6-10/h5-6,8H,4,7H2,1-3H3,(H,15,16). The van der Waals surface area contributed by atoms with Gasteiger partial charge in [0.2, 0.25) is 5.91 Å². The topological polar surface area (TPSA) is 51.2 Å². The maximum atomic E-state index is 11.7. The first-order valence-corrected chi connectivity index (χ1v) is 5.81. The summed E-state index contributed by atoms with van der Waals surface area (Å²) in [6.45, 7) is 4.39. The number of rotatable bonds is 5. The van der Waals surface area contributed by atoms with E-state index in [0.717, 1.165) is 5.56 Å². The summed E-state index contributed by atoms with van der Waals surface area (Å²) in [6, 6.07) is 1.80. The van der Waals surface area contributed by atoms with Gasteiger partial charge >= 0.3 is 0 Å². The average Bonchev–Trinajstić information content (AvgIpc) is 2.23. The van der Waals surface area contributed by atoms with Gasteiger partial charge in [0.25, 0.3) is 0 Å². The van der Waals surface area contributed by atoms with Crippen LogP contribution in [0, 0.1) is 12.8 Å². The quantitative estimate of drug-likeness (QED) is 0.824. The number of aryl methyl sites for hydroxylation is 1. The minimum atomic E-state index is -0.0435. The molecule has 1 rings (SSSR count). The summed E-state index contributed by atoms with van der Waals surface area (Å²) in [4.78, 5) is 15.6. The van der Waals surface area contributed by atoms with Gasteiger partial charge in [0.15, 0.2) is 0 Å². The largest absolute Gasteiger partial charge is 0.384 e. The van der Waals surface area contributed by atoms with Gasteiger partial charge in [-0.25, -0.2) is 4.98 Å². The molecule has 1 aromatic heterocycles. The number of hydrogen-bond donors (Lipinski definition) is 1. The molecule has 0 fully saturated rings. The van der Waals surface area contributed by atoms with Gasteiger partial charge in [0.1, 0.15) is 5.15 Å². The minimum absolute atomic E-state index is 0.0435. The second kappa shape index (κ2) is 6.57. The second-order valence-corrected chi connectivity index (χ2v) is 4.50. The number of carbonyl (C=O) groups is 1. The normalized spacial score (nSPS) is 12.2.